The molecule has 2 N–H and O–H groups in total. The first-order valence-corrected chi connectivity index (χ1v) is 11.7. The van der Waals surface area contributed by atoms with E-state index in [2.05, 4.69) is 18.8 Å². The van der Waals surface area contributed by atoms with E-state index < -0.39 is 6.10 Å². The van der Waals surface area contributed by atoms with Gasteiger partial charge in [-0.15, -0.1) is 0 Å². The van der Waals surface area contributed by atoms with Crippen LogP contribution in [0.15, 0.2) is 53.0 Å². The standard InChI is InChI=1S/C27H33N3O4/c1-4-12-30(13-5-2)27(32)23-14-22-11-10-21(15-24(22)29-26(28)16-23)19-6-8-20(9-7-19)25(17-33-3)34-18-31/h6-11,14-15,18,25H,4-5,12-13,16-17H2,1-3H3,(H2,28,29). The van der Waals surface area contributed by atoms with Crippen LogP contribution in [0.25, 0.3) is 17.2 Å². The van der Waals surface area contributed by atoms with Gasteiger partial charge in [-0.05, 0) is 41.7 Å². The second-order valence-corrected chi connectivity index (χ2v) is 8.31. The molecular weight excluding hydrogens is 430 g/mol. The molecule has 0 radical (unpaired) electrons. The molecule has 0 aromatic heterocycles. The minimum atomic E-state index is -0.450. The summed E-state index contributed by atoms with van der Waals surface area (Å²) in [5.41, 5.74) is 11.3. The largest absolute Gasteiger partial charge is 0.457 e. The molecule has 2 aromatic rings. The van der Waals surface area contributed by atoms with Crippen LogP contribution in [0, 0.1) is 0 Å². The van der Waals surface area contributed by atoms with E-state index in [9.17, 15) is 9.59 Å². The number of hydrogen-bond acceptors (Lipinski definition) is 6. The highest BCUT2D eigenvalue weighted by Crippen LogP contribution is 2.32. The zero-order chi connectivity index (χ0) is 24.5. The second kappa shape index (κ2) is 12.1. The summed E-state index contributed by atoms with van der Waals surface area (Å²) in [4.78, 5) is 30.4. The quantitative estimate of drug-likeness (QED) is 0.490. The van der Waals surface area contributed by atoms with Crippen LogP contribution < -0.4 is 5.73 Å². The molecule has 1 aliphatic heterocycles. The van der Waals surface area contributed by atoms with Crippen molar-refractivity contribution >= 4 is 30.0 Å². The van der Waals surface area contributed by atoms with Crippen molar-refractivity contribution in [3.8, 4) is 11.1 Å². The van der Waals surface area contributed by atoms with Crippen molar-refractivity contribution in [1.29, 1.82) is 0 Å². The van der Waals surface area contributed by atoms with E-state index in [1.807, 2.05) is 53.4 Å². The van der Waals surface area contributed by atoms with Gasteiger partial charge in [-0.3, -0.25) is 9.59 Å². The predicted molar refractivity (Wildman–Crippen MR) is 135 cm³/mol. The van der Waals surface area contributed by atoms with Gasteiger partial charge in [-0.2, -0.15) is 0 Å². The molecule has 1 atom stereocenters. The summed E-state index contributed by atoms with van der Waals surface area (Å²) >= 11 is 0. The van der Waals surface area contributed by atoms with Crippen LogP contribution in [0.2, 0.25) is 0 Å². The van der Waals surface area contributed by atoms with Crippen LogP contribution in [0.5, 0.6) is 0 Å². The number of amides is 1. The Labute approximate surface area is 201 Å². The molecule has 1 aliphatic rings. The molecular formula is C27H33N3O4. The summed E-state index contributed by atoms with van der Waals surface area (Å²) in [5.74, 6) is 0.449. The molecule has 7 nitrogen and oxygen atoms in total. The summed E-state index contributed by atoms with van der Waals surface area (Å²) in [7, 11) is 1.57. The van der Waals surface area contributed by atoms with E-state index in [1.54, 1.807) is 7.11 Å². The predicted octanol–water partition coefficient (Wildman–Crippen LogP) is 4.64. The molecule has 1 amide bonds. The maximum atomic E-state index is 13.2. The van der Waals surface area contributed by atoms with Gasteiger partial charge in [0.15, 0.2) is 0 Å². The van der Waals surface area contributed by atoms with Crippen molar-refractivity contribution in [2.24, 2.45) is 10.7 Å². The van der Waals surface area contributed by atoms with Crippen molar-refractivity contribution in [3.63, 3.8) is 0 Å². The van der Waals surface area contributed by atoms with Crippen molar-refractivity contribution in [2.45, 2.75) is 39.2 Å². The Hall–Kier alpha value is -3.45. The summed E-state index contributed by atoms with van der Waals surface area (Å²) in [5, 5.41) is 0. The molecule has 0 saturated heterocycles. The first kappa shape index (κ1) is 25.2. The lowest BCUT2D eigenvalue weighted by atomic mass is 9.99. The monoisotopic (exact) mass is 463 g/mol. The smallest absolute Gasteiger partial charge is 0.293 e. The highest BCUT2D eigenvalue weighted by atomic mass is 16.6. The van der Waals surface area contributed by atoms with Gasteiger partial charge in [0.2, 0.25) is 5.91 Å². The van der Waals surface area contributed by atoms with E-state index in [-0.39, 0.29) is 12.5 Å². The third-order valence-electron chi connectivity index (χ3n) is 5.70. The van der Waals surface area contributed by atoms with Crippen LogP contribution in [0.3, 0.4) is 0 Å². The average molecular weight is 464 g/mol. The second-order valence-electron chi connectivity index (χ2n) is 8.31. The van der Waals surface area contributed by atoms with Crippen molar-refractivity contribution in [1.82, 2.24) is 4.90 Å². The molecule has 0 aliphatic carbocycles. The number of rotatable bonds is 11. The molecule has 0 fully saturated rings. The van der Waals surface area contributed by atoms with Gasteiger partial charge in [0.1, 0.15) is 11.9 Å². The summed E-state index contributed by atoms with van der Waals surface area (Å²) in [6.07, 6.45) is 3.62. The number of ether oxygens (including phenoxy) is 2. The van der Waals surface area contributed by atoms with Gasteiger partial charge in [0.25, 0.3) is 6.47 Å². The Morgan fingerprint density at radius 1 is 1.12 bits per heavy atom. The van der Waals surface area contributed by atoms with Gasteiger partial charge in [-0.25, -0.2) is 4.99 Å². The minimum absolute atomic E-state index is 0.0255. The molecule has 1 unspecified atom stereocenters. The average Bonchev–Trinajstić information content (AvgIpc) is 3.01. The van der Waals surface area contributed by atoms with Gasteiger partial charge in [0.05, 0.1) is 12.3 Å². The molecule has 2 aromatic carbocycles. The Morgan fingerprint density at radius 2 is 1.79 bits per heavy atom. The van der Waals surface area contributed by atoms with E-state index >= 15 is 0 Å². The van der Waals surface area contributed by atoms with Gasteiger partial charge in [-0.1, -0.05) is 50.2 Å². The highest BCUT2D eigenvalue weighted by Gasteiger charge is 2.21. The minimum Gasteiger partial charge on any atom is -0.457 e. The zero-order valence-electron chi connectivity index (χ0n) is 20.1. The number of amidine groups is 1. The van der Waals surface area contributed by atoms with E-state index in [0.29, 0.717) is 24.3 Å². The SMILES string of the molecule is CCCN(CCC)C(=O)C1=Cc2ccc(-c3ccc(C(COC)OC=O)cc3)cc2N=C(N)C1. The van der Waals surface area contributed by atoms with Gasteiger partial charge < -0.3 is 20.1 Å². The maximum absolute atomic E-state index is 13.2. The number of aliphatic imine (C=N–C) groups is 1. The van der Waals surface area contributed by atoms with E-state index in [0.717, 1.165) is 53.9 Å². The number of carbonyl (C=O) groups excluding carboxylic acids is 2. The first-order chi connectivity index (χ1) is 16.5. The van der Waals surface area contributed by atoms with Crippen molar-refractivity contribution in [3.05, 3.63) is 59.2 Å². The molecule has 34 heavy (non-hydrogen) atoms. The van der Waals surface area contributed by atoms with E-state index in [1.165, 1.54) is 0 Å². The Bertz CT molecular complexity index is 1050. The fraction of sp³-hybridized carbons (Fsp3) is 0.370. The number of benzene rings is 2. The molecule has 7 heteroatoms. The number of hydrogen-bond donors (Lipinski definition) is 1. The summed E-state index contributed by atoms with van der Waals surface area (Å²) in [6, 6.07) is 13.7. The molecule has 180 valence electrons. The maximum Gasteiger partial charge on any atom is 0.293 e. The van der Waals surface area contributed by atoms with Crippen LogP contribution in [0.4, 0.5) is 5.69 Å². The third kappa shape index (κ3) is 6.11. The van der Waals surface area contributed by atoms with Crippen molar-refractivity contribution < 1.29 is 19.1 Å². The van der Waals surface area contributed by atoms with Crippen molar-refractivity contribution in [2.75, 3.05) is 26.8 Å². The number of methoxy groups -OCH3 is 1. The molecule has 0 spiro atoms. The number of fused-ring (bicyclic) bond motifs is 1. The number of carbonyl (C=O) groups is 2. The molecule has 1 heterocycles. The lowest BCUT2D eigenvalue weighted by Gasteiger charge is -2.22. The lowest BCUT2D eigenvalue weighted by molar-refractivity contribution is -0.136. The first-order valence-electron chi connectivity index (χ1n) is 11.7. The van der Waals surface area contributed by atoms with Gasteiger partial charge >= 0.3 is 0 Å². The lowest BCUT2D eigenvalue weighted by Crippen LogP contribution is -2.34. The molecule has 0 saturated carbocycles. The normalized spacial score (nSPS) is 13.7. The Balaban J connectivity index is 1.89. The number of nitrogens with zero attached hydrogens (tertiary/aromatic N) is 2. The van der Waals surface area contributed by atoms with Crippen LogP contribution >= 0.6 is 0 Å². The van der Waals surface area contributed by atoms with E-state index in [4.69, 9.17) is 15.2 Å². The summed E-state index contributed by atoms with van der Waals surface area (Å²) < 4.78 is 10.3. The Morgan fingerprint density at radius 3 is 2.41 bits per heavy atom. The third-order valence-corrected chi connectivity index (χ3v) is 5.70. The number of nitrogens with two attached hydrogens (primary N) is 1. The fourth-order valence-electron chi connectivity index (χ4n) is 4.09. The fourth-order valence-corrected chi connectivity index (χ4v) is 4.09. The van der Waals surface area contributed by atoms with Crippen LogP contribution in [0.1, 0.15) is 50.3 Å². The summed E-state index contributed by atoms with van der Waals surface area (Å²) in [6.45, 7) is 6.32. The Kier molecular flexibility index (Phi) is 8.99. The van der Waals surface area contributed by atoms with Gasteiger partial charge in [0, 0.05) is 37.8 Å². The highest BCUT2D eigenvalue weighted by molar-refractivity contribution is 6.05. The van der Waals surface area contributed by atoms with Crippen LogP contribution in [-0.4, -0.2) is 49.9 Å². The topological polar surface area (TPSA) is 94.2 Å². The molecule has 3 rings (SSSR count). The zero-order valence-corrected chi connectivity index (χ0v) is 20.1. The van der Waals surface area contributed by atoms with Crippen LogP contribution in [-0.2, 0) is 19.1 Å². The molecule has 0 bridgehead atoms.